The van der Waals surface area contributed by atoms with E-state index < -0.39 is 16.1 Å². The zero-order valence-corrected chi connectivity index (χ0v) is 15.5. The Morgan fingerprint density at radius 2 is 2.00 bits per heavy atom. The van der Waals surface area contributed by atoms with Gasteiger partial charge in [-0.25, -0.2) is 8.42 Å². The van der Waals surface area contributed by atoms with Gasteiger partial charge in [0.15, 0.2) is 0 Å². The number of aliphatic hydroxyl groups excluding tert-OH is 1. The zero-order chi connectivity index (χ0) is 18.3. The van der Waals surface area contributed by atoms with Crippen LogP contribution >= 0.6 is 0 Å². The minimum Gasteiger partial charge on any atom is -0.392 e. The number of hydrogen-bond acceptors (Lipinski definition) is 7. The summed E-state index contributed by atoms with van der Waals surface area (Å²) in [6.07, 6.45) is -0.103. The molecule has 0 aromatic heterocycles. The molecule has 2 atom stereocenters. The lowest BCUT2D eigenvalue weighted by atomic mass is 10.1. The molecule has 1 amide bonds. The summed E-state index contributed by atoms with van der Waals surface area (Å²) in [7, 11) is -3.69. The molecule has 11 heteroatoms. The van der Waals surface area contributed by atoms with Crippen LogP contribution in [0.2, 0.25) is 0 Å². The maximum absolute atomic E-state index is 13.0. The van der Waals surface area contributed by atoms with Crippen LogP contribution in [0.5, 0.6) is 0 Å². The van der Waals surface area contributed by atoms with Gasteiger partial charge in [-0.1, -0.05) is 6.07 Å². The standard InChI is InChI=1S/C15H19N5O4S2/c21-10-8-12(16-9-10)15(22)19-4-6-20(7-5-19)26(23,24)13-3-1-2-11-14(13)18-25-17-11/h1-3,10,12,16,21H,4-9H2. The summed E-state index contributed by atoms with van der Waals surface area (Å²) in [5.74, 6) is -0.0793. The Morgan fingerprint density at radius 3 is 2.69 bits per heavy atom. The number of piperazine rings is 1. The molecule has 0 aliphatic carbocycles. The van der Waals surface area contributed by atoms with E-state index in [0.717, 1.165) is 11.4 Å². The molecule has 0 bridgehead atoms. The molecule has 0 saturated carbocycles. The SMILES string of the molecule is O=C(C1CC(O)CN1)N1CCN(S(=O)(=O)c2cccc3c2N=S=N3)CC1. The average molecular weight is 397 g/mol. The number of rotatable bonds is 3. The smallest absolute Gasteiger partial charge is 0.245 e. The molecule has 2 N–H and O–H groups in total. The van der Waals surface area contributed by atoms with Gasteiger partial charge in [0.1, 0.15) is 16.3 Å². The fraction of sp³-hybridized carbons (Fsp3) is 0.533. The molecular formula is C15H19N5O4S2. The van der Waals surface area contributed by atoms with Crippen molar-refractivity contribution in [3.63, 3.8) is 0 Å². The third-order valence-corrected chi connectivity index (χ3v) is 7.30. The molecule has 1 aromatic carbocycles. The van der Waals surface area contributed by atoms with E-state index in [1.165, 1.54) is 4.31 Å². The Kier molecular flexibility index (Phi) is 4.65. The summed E-state index contributed by atoms with van der Waals surface area (Å²) < 4.78 is 35.6. The number of carbonyl (C=O) groups excluding carboxylic acids is 1. The second kappa shape index (κ2) is 6.82. The molecule has 2 saturated heterocycles. The Morgan fingerprint density at radius 1 is 1.23 bits per heavy atom. The lowest BCUT2D eigenvalue weighted by Gasteiger charge is -2.35. The number of nitrogens with zero attached hydrogens (tertiary/aromatic N) is 4. The third kappa shape index (κ3) is 3.09. The highest BCUT2D eigenvalue weighted by Gasteiger charge is 2.36. The molecule has 9 nitrogen and oxygen atoms in total. The zero-order valence-electron chi connectivity index (χ0n) is 13.9. The quantitative estimate of drug-likeness (QED) is 0.755. The first-order valence-corrected chi connectivity index (χ1v) is 10.6. The van der Waals surface area contributed by atoms with E-state index in [1.54, 1.807) is 23.1 Å². The largest absolute Gasteiger partial charge is 0.392 e. The van der Waals surface area contributed by atoms with Gasteiger partial charge < -0.3 is 15.3 Å². The normalized spacial score (nSPS) is 26.0. The van der Waals surface area contributed by atoms with Gasteiger partial charge in [-0.2, -0.15) is 13.0 Å². The molecule has 140 valence electrons. The van der Waals surface area contributed by atoms with Crippen LogP contribution in [0.25, 0.3) is 0 Å². The number of hydrogen-bond donors (Lipinski definition) is 2. The van der Waals surface area contributed by atoms with Crippen molar-refractivity contribution in [3.05, 3.63) is 18.2 Å². The molecule has 2 fully saturated rings. The topological polar surface area (TPSA) is 115 Å². The summed E-state index contributed by atoms with van der Waals surface area (Å²) in [6, 6.07) is 4.55. The molecule has 3 heterocycles. The Bertz CT molecular complexity index is 905. The van der Waals surface area contributed by atoms with Gasteiger partial charge in [0.05, 0.1) is 23.5 Å². The van der Waals surface area contributed by atoms with E-state index in [-0.39, 0.29) is 29.9 Å². The van der Waals surface area contributed by atoms with Gasteiger partial charge in [-0.3, -0.25) is 4.79 Å². The maximum Gasteiger partial charge on any atom is 0.245 e. The minimum atomic E-state index is -3.69. The molecule has 1 aromatic rings. The van der Waals surface area contributed by atoms with Crippen LogP contribution in [0.1, 0.15) is 6.42 Å². The van der Waals surface area contributed by atoms with E-state index in [2.05, 4.69) is 14.0 Å². The number of amides is 1. The third-order valence-electron chi connectivity index (χ3n) is 4.82. The molecule has 2 unspecified atom stereocenters. The highest BCUT2D eigenvalue weighted by molar-refractivity contribution is 7.89. The summed E-state index contributed by atoms with van der Waals surface area (Å²) in [5, 5.41) is 12.6. The van der Waals surface area contributed by atoms with Crippen LogP contribution in [0, 0.1) is 0 Å². The second-order valence-corrected chi connectivity index (χ2v) is 8.90. The average Bonchev–Trinajstić information content (AvgIpc) is 3.29. The van der Waals surface area contributed by atoms with Crippen molar-refractivity contribution in [3.8, 4) is 0 Å². The Hall–Kier alpha value is -1.66. The van der Waals surface area contributed by atoms with Gasteiger partial charge >= 0.3 is 0 Å². The van der Waals surface area contributed by atoms with Crippen molar-refractivity contribution >= 4 is 38.7 Å². The monoisotopic (exact) mass is 397 g/mol. The van der Waals surface area contributed by atoms with Crippen molar-refractivity contribution in [1.29, 1.82) is 0 Å². The van der Waals surface area contributed by atoms with E-state index in [1.807, 2.05) is 0 Å². The molecule has 0 radical (unpaired) electrons. The lowest BCUT2D eigenvalue weighted by Crippen LogP contribution is -2.54. The van der Waals surface area contributed by atoms with Crippen LogP contribution in [-0.4, -0.2) is 73.5 Å². The van der Waals surface area contributed by atoms with Gasteiger partial charge in [-0.15, -0.1) is 0 Å². The first-order valence-electron chi connectivity index (χ1n) is 8.38. The van der Waals surface area contributed by atoms with Crippen LogP contribution < -0.4 is 5.32 Å². The van der Waals surface area contributed by atoms with Crippen molar-refractivity contribution in [2.75, 3.05) is 32.7 Å². The molecular weight excluding hydrogens is 378 g/mol. The van der Waals surface area contributed by atoms with Gasteiger partial charge in [-0.05, 0) is 18.6 Å². The van der Waals surface area contributed by atoms with Gasteiger partial charge in [0.2, 0.25) is 15.9 Å². The van der Waals surface area contributed by atoms with E-state index in [4.69, 9.17) is 0 Å². The first-order chi connectivity index (χ1) is 12.5. The Balaban J connectivity index is 1.46. The van der Waals surface area contributed by atoms with Crippen molar-refractivity contribution in [1.82, 2.24) is 14.5 Å². The van der Waals surface area contributed by atoms with Crippen molar-refractivity contribution in [2.45, 2.75) is 23.5 Å². The Labute approximate surface area is 154 Å². The first kappa shape index (κ1) is 17.7. The molecule has 3 aliphatic rings. The highest BCUT2D eigenvalue weighted by Crippen LogP contribution is 2.38. The predicted molar refractivity (Wildman–Crippen MR) is 95.7 cm³/mol. The number of β-amino-alcohol motifs (C(OH)–C–C–N with tert-alkyl or cyclic N) is 1. The van der Waals surface area contributed by atoms with E-state index in [0.29, 0.717) is 37.4 Å². The van der Waals surface area contributed by atoms with Crippen molar-refractivity contribution in [2.24, 2.45) is 8.73 Å². The number of benzene rings is 1. The fourth-order valence-electron chi connectivity index (χ4n) is 3.40. The summed E-state index contributed by atoms with van der Waals surface area (Å²) in [6.45, 7) is 1.54. The van der Waals surface area contributed by atoms with Crippen molar-refractivity contribution < 1.29 is 18.3 Å². The lowest BCUT2D eigenvalue weighted by molar-refractivity contribution is -0.134. The predicted octanol–water partition coefficient (Wildman–Crippen LogP) is -0.0313. The molecule has 0 spiro atoms. The van der Waals surface area contributed by atoms with Crippen LogP contribution in [0.3, 0.4) is 0 Å². The fourth-order valence-corrected chi connectivity index (χ4v) is 5.58. The number of nitrogens with one attached hydrogen (secondary N) is 1. The molecule has 26 heavy (non-hydrogen) atoms. The maximum atomic E-state index is 13.0. The number of aliphatic hydroxyl groups is 1. The second-order valence-electron chi connectivity index (χ2n) is 6.47. The highest BCUT2D eigenvalue weighted by atomic mass is 32.2. The van der Waals surface area contributed by atoms with Crippen LogP contribution in [0.4, 0.5) is 11.4 Å². The van der Waals surface area contributed by atoms with E-state index in [9.17, 15) is 18.3 Å². The summed E-state index contributed by atoms with van der Waals surface area (Å²) >= 11 is 0.985. The number of fused-ring (bicyclic) bond motifs is 1. The number of carbonyl (C=O) groups is 1. The molecule has 4 rings (SSSR count). The summed E-state index contributed by atoms with van der Waals surface area (Å²) in [5.41, 5.74) is 0.955. The number of sulfonamides is 1. The van der Waals surface area contributed by atoms with E-state index >= 15 is 0 Å². The van der Waals surface area contributed by atoms with Crippen LogP contribution in [-0.2, 0) is 26.2 Å². The molecule has 3 aliphatic heterocycles. The van der Waals surface area contributed by atoms with Gasteiger partial charge in [0.25, 0.3) is 0 Å². The summed E-state index contributed by atoms with van der Waals surface area (Å²) in [4.78, 5) is 14.3. The van der Waals surface area contributed by atoms with Crippen LogP contribution in [0.15, 0.2) is 31.8 Å². The minimum absolute atomic E-state index is 0.0793. The van der Waals surface area contributed by atoms with Gasteiger partial charge in [0, 0.05) is 32.7 Å².